The van der Waals surface area contributed by atoms with Crippen LogP contribution in [0.3, 0.4) is 0 Å². The fourth-order valence-corrected chi connectivity index (χ4v) is 0.924. The predicted octanol–water partition coefficient (Wildman–Crippen LogP) is -1.59. The third kappa shape index (κ3) is 10.4. The lowest BCUT2D eigenvalue weighted by Gasteiger charge is -2.23. The van der Waals surface area contributed by atoms with Crippen molar-refractivity contribution in [2.24, 2.45) is 0 Å². The summed E-state index contributed by atoms with van der Waals surface area (Å²) in [5, 5.41) is 18.1. The lowest BCUT2D eigenvalue weighted by Crippen LogP contribution is -2.45. The van der Waals surface area contributed by atoms with E-state index in [-0.39, 0.29) is 13.1 Å². The molecule has 0 bridgehead atoms. The Bertz CT molecular complexity index is 354. The van der Waals surface area contributed by atoms with Crippen LogP contribution < -0.4 is 5.11 Å². The molecule has 0 atom stereocenters. The number of carbonyl (C=O) groups excluding carboxylic acids is 1. The van der Waals surface area contributed by atoms with Crippen LogP contribution in [0.4, 0.5) is 0 Å². The molecule has 0 spiro atoms. The molecule has 0 amide bonds. The van der Waals surface area contributed by atoms with Gasteiger partial charge in [-0.1, -0.05) is 0 Å². The monoisotopic (exact) mass is 243 g/mol. The Kier molecular flexibility index (Phi) is 5.90. The highest BCUT2D eigenvalue weighted by atomic mass is 16.4. The van der Waals surface area contributed by atoms with Crippen molar-refractivity contribution in [1.29, 1.82) is 0 Å². The lowest BCUT2D eigenvalue weighted by atomic mass is 10.5. The van der Waals surface area contributed by atoms with Gasteiger partial charge in [0.05, 0.1) is 33.4 Å². The topological polar surface area (TPSA) is 95.2 Å². The zero-order valence-electron chi connectivity index (χ0n) is 10.2. The van der Waals surface area contributed by atoms with Crippen LogP contribution in [0.2, 0.25) is 0 Å². The van der Waals surface area contributed by atoms with Crippen LogP contribution in [-0.4, -0.2) is 58.8 Å². The van der Waals surface area contributed by atoms with E-state index in [9.17, 15) is 14.7 Å². The van der Waals surface area contributed by atoms with Crippen LogP contribution in [0, 0.1) is 0 Å². The third-order valence-corrected chi connectivity index (χ3v) is 1.48. The summed E-state index contributed by atoms with van der Waals surface area (Å²) in [5.41, 5.74) is 0. The fraction of sp³-hybridized carbons (Fsp3) is 0.500. The molecule has 17 heavy (non-hydrogen) atoms. The van der Waals surface area contributed by atoms with Crippen molar-refractivity contribution in [2.45, 2.75) is 6.54 Å². The van der Waals surface area contributed by atoms with Gasteiger partial charge in [-0.3, -0.25) is 4.79 Å². The highest BCUT2D eigenvalue weighted by Gasteiger charge is 2.04. The Morgan fingerprint density at radius 3 is 2.24 bits per heavy atom. The standard InChI is InChI=1S/C5H6N2O2.C5H11NO2/c8-5(9)3-7-2-1-6-4-7;1-6(2,3)4-5(7)8/h1-2,4H,3H2,(H,8,9);4H2,1-3H3. The van der Waals surface area contributed by atoms with Gasteiger partial charge >= 0.3 is 5.97 Å². The van der Waals surface area contributed by atoms with Crippen LogP contribution in [0.1, 0.15) is 0 Å². The fourth-order valence-electron chi connectivity index (χ4n) is 0.924. The van der Waals surface area contributed by atoms with Gasteiger partial charge in [-0.15, -0.1) is 0 Å². The molecule has 1 rings (SSSR count). The summed E-state index contributed by atoms with van der Waals surface area (Å²) < 4.78 is 1.91. The Morgan fingerprint density at radius 1 is 1.41 bits per heavy atom. The highest BCUT2D eigenvalue weighted by molar-refractivity contribution is 5.66. The second-order valence-corrected chi connectivity index (χ2v) is 4.45. The molecule has 7 heteroatoms. The first-order valence-electron chi connectivity index (χ1n) is 4.88. The van der Waals surface area contributed by atoms with Crippen molar-refractivity contribution in [2.75, 3.05) is 27.7 Å². The zero-order chi connectivity index (χ0) is 13.5. The molecule has 1 N–H and O–H groups in total. The van der Waals surface area contributed by atoms with E-state index in [2.05, 4.69) is 4.98 Å². The summed E-state index contributed by atoms with van der Waals surface area (Å²) in [6.45, 7) is 0.0556. The number of aliphatic carboxylic acids is 2. The van der Waals surface area contributed by atoms with Gasteiger partial charge in [-0.05, 0) is 0 Å². The van der Waals surface area contributed by atoms with E-state index in [0.717, 1.165) is 0 Å². The maximum atomic E-state index is 10.0. The Morgan fingerprint density at radius 2 is 2.00 bits per heavy atom. The summed E-state index contributed by atoms with van der Waals surface area (Å²) >= 11 is 0. The molecule has 0 aromatic carbocycles. The first kappa shape index (κ1) is 15.1. The molecule has 0 fully saturated rings. The van der Waals surface area contributed by atoms with Gasteiger partial charge in [-0.2, -0.15) is 0 Å². The summed E-state index contributed by atoms with van der Waals surface area (Å²) in [6, 6.07) is 0. The number of carboxylic acid groups (broad SMARTS) is 2. The maximum absolute atomic E-state index is 10.0. The number of carboxylic acids is 2. The third-order valence-electron chi connectivity index (χ3n) is 1.48. The number of rotatable bonds is 4. The van der Waals surface area contributed by atoms with Crippen LogP contribution >= 0.6 is 0 Å². The highest BCUT2D eigenvalue weighted by Crippen LogP contribution is 1.85. The molecule has 0 saturated carbocycles. The van der Waals surface area contributed by atoms with Gasteiger partial charge in [0.2, 0.25) is 0 Å². The first-order chi connectivity index (χ1) is 7.70. The molecule has 96 valence electrons. The molecular weight excluding hydrogens is 226 g/mol. The van der Waals surface area contributed by atoms with Crippen LogP contribution in [0.5, 0.6) is 0 Å². The second kappa shape index (κ2) is 6.64. The summed E-state index contributed by atoms with van der Waals surface area (Å²) in [5.74, 6) is -1.86. The number of hydrogen-bond acceptors (Lipinski definition) is 4. The van der Waals surface area contributed by atoms with Crippen molar-refractivity contribution < 1.29 is 24.3 Å². The quantitative estimate of drug-likeness (QED) is 0.643. The Hall–Kier alpha value is -1.89. The van der Waals surface area contributed by atoms with Gasteiger partial charge < -0.3 is 24.1 Å². The summed E-state index contributed by atoms with van der Waals surface area (Å²) in [4.78, 5) is 23.6. The summed E-state index contributed by atoms with van der Waals surface area (Å²) in [6.07, 6.45) is 4.62. The Balaban J connectivity index is 0.000000304. The number of quaternary nitrogens is 1. The SMILES string of the molecule is C[N+](C)(C)CC(=O)[O-].O=C(O)Cn1ccnc1. The molecule has 1 aromatic rings. The maximum Gasteiger partial charge on any atom is 0.323 e. The van der Waals surface area contributed by atoms with E-state index >= 15 is 0 Å². The average molecular weight is 243 g/mol. The number of nitrogens with zero attached hydrogens (tertiary/aromatic N) is 3. The molecule has 0 aliphatic carbocycles. The smallest absolute Gasteiger partial charge is 0.323 e. The van der Waals surface area contributed by atoms with Gasteiger partial charge in [0.25, 0.3) is 0 Å². The van der Waals surface area contributed by atoms with E-state index in [1.807, 2.05) is 0 Å². The number of hydrogen-bond donors (Lipinski definition) is 1. The molecule has 1 aromatic heterocycles. The molecule has 1 heterocycles. The number of aromatic nitrogens is 2. The van der Waals surface area contributed by atoms with Gasteiger partial charge in [0, 0.05) is 12.4 Å². The van der Waals surface area contributed by atoms with E-state index < -0.39 is 11.9 Å². The van der Waals surface area contributed by atoms with Crippen molar-refractivity contribution in [3.05, 3.63) is 18.7 Å². The van der Waals surface area contributed by atoms with Crippen LogP contribution in [0.15, 0.2) is 18.7 Å². The number of carbonyl (C=O) groups is 2. The molecule has 0 saturated heterocycles. The van der Waals surface area contributed by atoms with Gasteiger partial charge in [0.15, 0.2) is 0 Å². The van der Waals surface area contributed by atoms with Crippen molar-refractivity contribution in [3.8, 4) is 0 Å². The van der Waals surface area contributed by atoms with Gasteiger partial charge in [-0.25, -0.2) is 4.98 Å². The first-order valence-corrected chi connectivity index (χ1v) is 4.88. The minimum absolute atomic E-state index is 0.0139. The molecule has 0 radical (unpaired) electrons. The van der Waals surface area contributed by atoms with Crippen LogP contribution in [0.25, 0.3) is 0 Å². The van der Waals surface area contributed by atoms with Crippen molar-refractivity contribution >= 4 is 11.9 Å². The van der Waals surface area contributed by atoms with E-state index in [0.29, 0.717) is 4.48 Å². The Labute approximate surface area is 99.5 Å². The molecule has 0 unspecified atom stereocenters. The summed E-state index contributed by atoms with van der Waals surface area (Å²) in [7, 11) is 5.40. The zero-order valence-corrected chi connectivity index (χ0v) is 10.2. The van der Waals surface area contributed by atoms with Crippen LogP contribution in [-0.2, 0) is 16.1 Å². The molecular formula is C10H17N3O4. The second-order valence-electron chi connectivity index (χ2n) is 4.45. The minimum atomic E-state index is -1.00. The van der Waals surface area contributed by atoms with Crippen molar-refractivity contribution in [3.63, 3.8) is 0 Å². The molecule has 0 aliphatic rings. The largest absolute Gasteiger partial charge is 0.544 e. The number of imidazole rings is 1. The molecule has 7 nitrogen and oxygen atoms in total. The van der Waals surface area contributed by atoms with E-state index in [1.165, 1.54) is 10.9 Å². The van der Waals surface area contributed by atoms with E-state index in [4.69, 9.17) is 5.11 Å². The predicted molar refractivity (Wildman–Crippen MR) is 57.8 cm³/mol. The molecule has 0 aliphatic heterocycles. The van der Waals surface area contributed by atoms with E-state index in [1.54, 1.807) is 33.5 Å². The van der Waals surface area contributed by atoms with Gasteiger partial charge in [0.1, 0.15) is 13.1 Å². The number of likely N-dealkylation sites (N-methyl/N-ethyl adjacent to an activating group) is 1. The average Bonchev–Trinajstić information content (AvgIpc) is 2.51. The normalized spacial score (nSPS) is 10.3. The minimum Gasteiger partial charge on any atom is -0.544 e. The lowest BCUT2D eigenvalue weighted by molar-refractivity contribution is -0.864. The van der Waals surface area contributed by atoms with Crippen molar-refractivity contribution in [1.82, 2.24) is 9.55 Å².